The molecule has 1 saturated heterocycles. The average molecular weight is 374 g/mol. The normalized spacial score (nSPS) is 20.9. The number of likely N-dealkylation sites (tertiary alicyclic amines) is 1. The van der Waals surface area contributed by atoms with Crippen LogP contribution >= 0.6 is 15.9 Å². The zero-order valence-corrected chi connectivity index (χ0v) is 14.6. The summed E-state index contributed by atoms with van der Waals surface area (Å²) >= 11 is 3.42. The molecule has 120 valence electrons. The molecule has 5 heteroatoms. The number of fused-ring (bicyclic) bond motifs is 1. The Morgan fingerprint density at radius 2 is 2.13 bits per heavy atom. The Bertz CT molecular complexity index is 721. The van der Waals surface area contributed by atoms with Gasteiger partial charge in [-0.3, -0.25) is 9.48 Å². The molecule has 1 atom stereocenters. The van der Waals surface area contributed by atoms with E-state index in [0.717, 1.165) is 43.4 Å². The number of amides is 1. The van der Waals surface area contributed by atoms with Gasteiger partial charge in [0, 0.05) is 31.7 Å². The first kappa shape index (κ1) is 14.9. The van der Waals surface area contributed by atoms with E-state index in [1.165, 1.54) is 11.1 Å². The van der Waals surface area contributed by atoms with E-state index in [9.17, 15) is 4.79 Å². The Kier molecular flexibility index (Phi) is 3.97. The highest BCUT2D eigenvalue weighted by molar-refractivity contribution is 9.10. The maximum absolute atomic E-state index is 12.8. The van der Waals surface area contributed by atoms with Crippen LogP contribution in [0, 0.1) is 5.92 Å². The van der Waals surface area contributed by atoms with Crippen LogP contribution in [0.4, 0.5) is 0 Å². The van der Waals surface area contributed by atoms with E-state index in [-0.39, 0.29) is 5.92 Å². The van der Waals surface area contributed by atoms with E-state index in [2.05, 4.69) is 45.3 Å². The highest BCUT2D eigenvalue weighted by Crippen LogP contribution is 2.34. The first-order valence-corrected chi connectivity index (χ1v) is 9.04. The van der Waals surface area contributed by atoms with Crippen LogP contribution in [0.2, 0.25) is 0 Å². The molecule has 0 spiro atoms. The van der Waals surface area contributed by atoms with Gasteiger partial charge in [0.25, 0.3) is 0 Å². The van der Waals surface area contributed by atoms with Gasteiger partial charge in [0.05, 0.1) is 16.6 Å². The molecule has 1 aliphatic heterocycles. The van der Waals surface area contributed by atoms with Crippen molar-refractivity contribution in [3.05, 3.63) is 52.3 Å². The van der Waals surface area contributed by atoms with Crippen LogP contribution in [0.1, 0.15) is 29.9 Å². The summed E-state index contributed by atoms with van der Waals surface area (Å²) in [4.78, 5) is 14.9. The number of hydrogen-bond donors (Lipinski definition) is 0. The van der Waals surface area contributed by atoms with Crippen LogP contribution in [0.25, 0.3) is 0 Å². The highest BCUT2D eigenvalue weighted by atomic mass is 79.9. The standard InChI is InChI=1S/C18H20BrN3O/c19-15-8-20-22(12-15)11-13-9-21(10-13)18(23)17-7-3-5-14-4-1-2-6-16(14)17/h1-2,4,6,8,12-13,17H,3,5,7,9-11H2. The number of carbonyl (C=O) groups is 1. The molecule has 4 rings (SSSR count). The van der Waals surface area contributed by atoms with Crippen LogP contribution in [0.15, 0.2) is 41.1 Å². The topological polar surface area (TPSA) is 38.1 Å². The van der Waals surface area contributed by atoms with Gasteiger partial charge in [-0.15, -0.1) is 0 Å². The van der Waals surface area contributed by atoms with Crippen molar-refractivity contribution >= 4 is 21.8 Å². The van der Waals surface area contributed by atoms with Gasteiger partial charge >= 0.3 is 0 Å². The molecule has 2 aliphatic rings. The van der Waals surface area contributed by atoms with Crippen LogP contribution in [-0.4, -0.2) is 33.7 Å². The summed E-state index contributed by atoms with van der Waals surface area (Å²) in [6.45, 7) is 2.60. The number of carbonyl (C=O) groups excluding carboxylic acids is 1. The molecule has 1 aromatic heterocycles. The summed E-state index contributed by atoms with van der Waals surface area (Å²) in [6.07, 6.45) is 7.01. The molecule has 1 fully saturated rings. The Morgan fingerprint density at radius 3 is 2.91 bits per heavy atom. The maximum Gasteiger partial charge on any atom is 0.230 e. The fourth-order valence-electron chi connectivity index (χ4n) is 3.80. The van der Waals surface area contributed by atoms with Gasteiger partial charge in [-0.2, -0.15) is 5.10 Å². The van der Waals surface area contributed by atoms with Crippen LogP contribution in [0.5, 0.6) is 0 Å². The third-order valence-electron chi connectivity index (χ3n) is 4.98. The Labute approximate surface area is 144 Å². The lowest BCUT2D eigenvalue weighted by atomic mass is 9.81. The van der Waals surface area contributed by atoms with E-state index in [4.69, 9.17) is 0 Å². The van der Waals surface area contributed by atoms with E-state index in [1.807, 2.05) is 15.8 Å². The summed E-state index contributed by atoms with van der Waals surface area (Å²) < 4.78 is 2.95. The first-order valence-electron chi connectivity index (χ1n) is 8.25. The minimum absolute atomic E-state index is 0.0692. The maximum atomic E-state index is 12.8. The van der Waals surface area contributed by atoms with E-state index in [0.29, 0.717) is 11.8 Å². The Morgan fingerprint density at radius 1 is 1.30 bits per heavy atom. The number of rotatable bonds is 3. The van der Waals surface area contributed by atoms with Crippen molar-refractivity contribution < 1.29 is 4.79 Å². The predicted octanol–water partition coefficient (Wildman–Crippen LogP) is 3.22. The third kappa shape index (κ3) is 2.94. The molecule has 1 amide bonds. The average Bonchev–Trinajstić information content (AvgIpc) is 2.94. The first-order chi connectivity index (χ1) is 11.2. The summed E-state index contributed by atoms with van der Waals surface area (Å²) in [7, 11) is 0. The molecule has 23 heavy (non-hydrogen) atoms. The van der Waals surface area contributed by atoms with Crippen LogP contribution in [0.3, 0.4) is 0 Å². The summed E-state index contributed by atoms with van der Waals surface area (Å²) in [5.74, 6) is 0.902. The number of halogens is 1. The number of nitrogens with zero attached hydrogens (tertiary/aromatic N) is 3. The lowest BCUT2D eigenvalue weighted by molar-refractivity contribution is -0.140. The Hall–Kier alpha value is -1.62. The fourth-order valence-corrected chi connectivity index (χ4v) is 4.13. The number of aryl methyl sites for hydroxylation is 1. The monoisotopic (exact) mass is 373 g/mol. The SMILES string of the molecule is O=C(C1CCCc2ccccc21)N1CC(Cn2cc(Br)cn2)C1. The molecule has 4 nitrogen and oxygen atoms in total. The fraction of sp³-hybridized carbons (Fsp3) is 0.444. The lowest BCUT2D eigenvalue weighted by Gasteiger charge is -2.42. The quantitative estimate of drug-likeness (QED) is 0.828. The molecule has 2 aromatic rings. The van der Waals surface area contributed by atoms with Crippen LogP contribution in [-0.2, 0) is 17.8 Å². The lowest BCUT2D eigenvalue weighted by Crippen LogP contribution is -2.53. The van der Waals surface area contributed by atoms with Gasteiger partial charge in [0.2, 0.25) is 5.91 Å². The van der Waals surface area contributed by atoms with Gasteiger partial charge in [0.15, 0.2) is 0 Å². The molecule has 1 aromatic carbocycles. The molecule has 1 unspecified atom stereocenters. The zero-order chi connectivity index (χ0) is 15.8. The zero-order valence-electron chi connectivity index (χ0n) is 13.0. The van der Waals surface area contributed by atoms with Gasteiger partial charge < -0.3 is 4.90 Å². The Balaban J connectivity index is 1.38. The minimum Gasteiger partial charge on any atom is -0.341 e. The van der Waals surface area contributed by atoms with Crippen molar-refractivity contribution in [1.82, 2.24) is 14.7 Å². The molecule has 0 radical (unpaired) electrons. The van der Waals surface area contributed by atoms with Gasteiger partial charge in [-0.05, 0) is 46.3 Å². The van der Waals surface area contributed by atoms with E-state index in [1.54, 1.807) is 6.20 Å². The molecule has 1 aliphatic carbocycles. The van der Waals surface area contributed by atoms with E-state index < -0.39 is 0 Å². The number of hydrogen-bond acceptors (Lipinski definition) is 2. The molecule has 0 saturated carbocycles. The smallest absolute Gasteiger partial charge is 0.230 e. The number of benzene rings is 1. The number of aromatic nitrogens is 2. The summed E-state index contributed by atoms with van der Waals surface area (Å²) in [5, 5.41) is 4.29. The largest absolute Gasteiger partial charge is 0.341 e. The third-order valence-corrected chi connectivity index (χ3v) is 5.39. The van der Waals surface area contributed by atoms with Crippen LogP contribution < -0.4 is 0 Å². The van der Waals surface area contributed by atoms with Crippen molar-refractivity contribution in [1.29, 1.82) is 0 Å². The summed E-state index contributed by atoms with van der Waals surface area (Å²) in [6, 6.07) is 8.44. The molecule has 0 N–H and O–H groups in total. The predicted molar refractivity (Wildman–Crippen MR) is 92.1 cm³/mol. The summed E-state index contributed by atoms with van der Waals surface area (Å²) in [5.41, 5.74) is 2.61. The van der Waals surface area contributed by atoms with E-state index >= 15 is 0 Å². The molecule has 0 bridgehead atoms. The minimum atomic E-state index is 0.0692. The van der Waals surface area contributed by atoms with Crippen molar-refractivity contribution in [3.63, 3.8) is 0 Å². The van der Waals surface area contributed by atoms with Crippen molar-refractivity contribution in [3.8, 4) is 0 Å². The van der Waals surface area contributed by atoms with Crippen molar-refractivity contribution in [2.75, 3.05) is 13.1 Å². The van der Waals surface area contributed by atoms with Gasteiger partial charge in [-0.25, -0.2) is 0 Å². The second kappa shape index (κ2) is 6.11. The van der Waals surface area contributed by atoms with Gasteiger partial charge in [-0.1, -0.05) is 24.3 Å². The second-order valence-corrected chi connectivity index (χ2v) is 7.55. The van der Waals surface area contributed by atoms with Gasteiger partial charge in [0.1, 0.15) is 0 Å². The molecule has 2 heterocycles. The molecular formula is C18H20BrN3O. The second-order valence-electron chi connectivity index (χ2n) is 6.63. The highest BCUT2D eigenvalue weighted by Gasteiger charge is 2.36. The molecular weight excluding hydrogens is 354 g/mol. The van der Waals surface area contributed by atoms with Crippen molar-refractivity contribution in [2.24, 2.45) is 5.92 Å². The van der Waals surface area contributed by atoms with Crippen molar-refractivity contribution in [2.45, 2.75) is 31.7 Å².